The summed E-state index contributed by atoms with van der Waals surface area (Å²) in [6, 6.07) is 14.2. The molecule has 1 aliphatic carbocycles. The number of nitrogens with zero attached hydrogens (tertiary/aromatic N) is 3. The van der Waals surface area contributed by atoms with Gasteiger partial charge in [0.25, 0.3) is 11.8 Å². The van der Waals surface area contributed by atoms with Gasteiger partial charge in [-0.15, -0.1) is 0 Å². The number of fused-ring (bicyclic) bond motifs is 2. The molecule has 5 rings (SSSR count). The Morgan fingerprint density at radius 1 is 0.966 bits per heavy atom. The molecule has 144 valence electrons. The van der Waals surface area contributed by atoms with Gasteiger partial charge in [-0.05, 0) is 50.5 Å². The second kappa shape index (κ2) is 6.41. The topological polar surface area (TPSA) is 81.5 Å². The average Bonchev–Trinajstić information content (AvgIpc) is 3.39. The third kappa shape index (κ3) is 2.66. The van der Waals surface area contributed by atoms with Crippen molar-refractivity contribution in [2.45, 2.75) is 26.2 Å². The van der Waals surface area contributed by atoms with E-state index in [1.54, 1.807) is 16.8 Å². The van der Waals surface area contributed by atoms with Crippen LogP contribution in [-0.4, -0.2) is 32.6 Å². The Bertz CT molecular complexity index is 1140. The number of hydroxylamine groups is 2. The van der Waals surface area contributed by atoms with E-state index in [-0.39, 0.29) is 16.8 Å². The van der Waals surface area contributed by atoms with Gasteiger partial charge in [0.05, 0.1) is 16.8 Å². The van der Waals surface area contributed by atoms with Gasteiger partial charge in [0, 0.05) is 11.3 Å². The summed E-state index contributed by atoms with van der Waals surface area (Å²) in [6.07, 6.45) is 2.41. The van der Waals surface area contributed by atoms with Crippen LogP contribution in [-0.2, 0) is 17.7 Å². The van der Waals surface area contributed by atoms with Crippen molar-refractivity contribution in [2.75, 3.05) is 0 Å². The summed E-state index contributed by atoms with van der Waals surface area (Å²) in [5.74, 6) is -2.09. The van der Waals surface area contributed by atoms with Crippen LogP contribution in [0.4, 0.5) is 0 Å². The molecule has 0 saturated carbocycles. The van der Waals surface area contributed by atoms with E-state index in [1.807, 2.05) is 31.2 Å². The Balaban J connectivity index is 1.47. The van der Waals surface area contributed by atoms with Crippen molar-refractivity contribution < 1.29 is 19.2 Å². The van der Waals surface area contributed by atoms with E-state index in [2.05, 4.69) is 5.10 Å². The molecule has 0 N–H and O–H groups in total. The maximum absolute atomic E-state index is 12.9. The quantitative estimate of drug-likeness (QED) is 0.645. The monoisotopic (exact) mass is 387 g/mol. The first-order valence-corrected chi connectivity index (χ1v) is 9.42. The Morgan fingerprint density at radius 3 is 2.28 bits per heavy atom. The zero-order valence-corrected chi connectivity index (χ0v) is 15.7. The van der Waals surface area contributed by atoms with E-state index in [4.69, 9.17) is 4.84 Å². The molecule has 0 radical (unpaired) electrons. The fourth-order valence-electron chi connectivity index (χ4n) is 3.88. The number of rotatable bonds is 3. The van der Waals surface area contributed by atoms with Gasteiger partial charge in [0.2, 0.25) is 0 Å². The lowest BCUT2D eigenvalue weighted by Gasteiger charge is -2.12. The molecule has 7 nitrogen and oxygen atoms in total. The summed E-state index contributed by atoms with van der Waals surface area (Å²) in [5, 5.41) is 4.99. The molecule has 7 heteroatoms. The van der Waals surface area contributed by atoms with E-state index >= 15 is 0 Å². The lowest BCUT2D eigenvalue weighted by molar-refractivity contribution is -0.0589. The number of imide groups is 1. The van der Waals surface area contributed by atoms with Crippen LogP contribution >= 0.6 is 0 Å². The second-order valence-electron chi connectivity index (χ2n) is 7.20. The molecule has 0 fully saturated rings. The Labute approximate surface area is 166 Å². The molecule has 29 heavy (non-hydrogen) atoms. The van der Waals surface area contributed by atoms with E-state index in [0.717, 1.165) is 35.3 Å². The SMILES string of the molecule is Cc1ccc(-n2nc(C(=O)ON3C(=O)c4ccccc4C3=O)c3c2CCC3)cc1. The summed E-state index contributed by atoms with van der Waals surface area (Å²) in [5.41, 5.74) is 4.35. The van der Waals surface area contributed by atoms with Crippen LogP contribution in [0.1, 0.15) is 54.4 Å². The third-order valence-corrected chi connectivity index (χ3v) is 5.33. The van der Waals surface area contributed by atoms with E-state index in [9.17, 15) is 14.4 Å². The molecular formula is C22H17N3O4. The van der Waals surface area contributed by atoms with Crippen molar-refractivity contribution in [1.82, 2.24) is 14.8 Å². The van der Waals surface area contributed by atoms with Crippen LogP contribution in [0.5, 0.6) is 0 Å². The zero-order chi connectivity index (χ0) is 20.1. The summed E-state index contributed by atoms with van der Waals surface area (Å²) in [4.78, 5) is 43.0. The van der Waals surface area contributed by atoms with Gasteiger partial charge in [0.1, 0.15) is 0 Å². The largest absolute Gasteiger partial charge is 0.384 e. The summed E-state index contributed by atoms with van der Waals surface area (Å²) in [7, 11) is 0. The highest BCUT2D eigenvalue weighted by atomic mass is 16.7. The number of carbonyl (C=O) groups is 3. The number of benzene rings is 2. The molecule has 0 saturated heterocycles. The van der Waals surface area contributed by atoms with Gasteiger partial charge in [-0.25, -0.2) is 9.48 Å². The van der Waals surface area contributed by atoms with Crippen molar-refractivity contribution in [1.29, 1.82) is 0 Å². The maximum atomic E-state index is 12.9. The van der Waals surface area contributed by atoms with Crippen LogP contribution in [0.3, 0.4) is 0 Å². The molecule has 2 aromatic carbocycles. The van der Waals surface area contributed by atoms with Crippen LogP contribution in [0.15, 0.2) is 48.5 Å². The van der Waals surface area contributed by atoms with Gasteiger partial charge in [-0.1, -0.05) is 34.9 Å². The number of amides is 2. The van der Waals surface area contributed by atoms with Crippen molar-refractivity contribution >= 4 is 17.8 Å². The van der Waals surface area contributed by atoms with E-state index in [0.29, 0.717) is 11.5 Å². The fraction of sp³-hybridized carbons (Fsp3) is 0.182. The molecule has 0 bridgehead atoms. The Morgan fingerprint density at radius 2 is 1.62 bits per heavy atom. The van der Waals surface area contributed by atoms with E-state index < -0.39 is 17.8 Å². The molecular weight excluding hydrogens is 370 g/mol. The van der Waals surface area contributed by atoms with Crippen molar-refractivity contribution in [3.05, 3.63) is 82.2 Å². The Hall–Kier alpha value is -3.74. The molecule has 2 aliphatic rings. The third-order valence-electron chi connectivity index (χ3n) is 5.33. The zero-order valence-electron chi connectivity index (χ0n) is 15.7. The van der Waals surface area contributed by atoms with Crippen LogP contribution in [0.2, 0.25) is 0 Å². The highest BCUT2D eigenvalue weighted by Gasteiger charge is 2.40. The van der Waals surface area contributed by atoms with Crippen LogP contribution in [0.25, 0.3) is 5.69 Å². The second-order valence-corrected chi connectivity index (χ2v) is 7.20. The normalized spacial score (nSPS) is 14.9. The van der Waals surface area contributed by atoms with Crippen molar-refractivity contribution in [3.63, 3.8) is 0 Å². The summed E-state index contributed by atoms with van der Waals surface area (Å²) >= 11 is 0. The van der Waals surface area contributed by atoms with E-state index in [1.165, 1.54) is 12.1 Å². The molecule has 3 aromatic rings. The minimum atomic E-state index is -0.802. The number of aryl methyl sites for hydroxylation is 1. The van der Waals surface area contributed by atoms with Crippen molar-refractivity contribution in [2.24, 2.45) is 0 Å². The summed E-state index contributed by atoms with van der Waals surface area (Å²) < 4.78 is 1.75. The lowest BCUT2D eigenvalue weighted by atomic mass is 10.1. The Kier molecular flexibility index (Phi) is 3.84. The first-order valence-electron chi connectivity index (χ1n) is 9.42. The predicted molar refractivity (Wildman–Crippen MR) is 103 cm³/mol. The molecule has 0 unspecified atom stereocenters. The first-order chi connectivity index (χ1) is 14.0. The van der Waals surface area contributed by atoms with Crippen molar-refractivity contribution in [3.8, 4) is 5.69 Å². The molecule has 2 heterocycles. The standard InChI is InChI=1S/C22H17N3O4/c1-13-9-11-14(12-10-13)24-18-8-4-7-17(18)19(23-24)22(28)29-25-20(26)15-5-2-3-6-16(15)21(25)27/h2-3,5-6,9-12H,4,7-8H2,1H3. The minimum Gasteiger partial charge on any atom is -0.322 e. The van der Waals surface area contributed by atoms with Gasteiger partial charge in [-0.2, -0.15) is 5.10 Å². The summed E-state index contributed by atoms with van der Waals surface area (Å²) in [6.45, 7) is 2.00. The highest BCUT2D eigenvalue weighted by molar-refractivity contribution is 6.21. The highest BCUT2D eigenvalue weighted by Crippen LogP contribution is 2.29. The van der Waals surface area contributed by atoms with Gasteiger partial charge >= 0.3 is 5.97 Å². The fourth-order valence-corrected chi connectivity index (χ4v) is 3.88. The van der Waals surface area contributed by atoms with Gasteiger partial charge in [0.15, 0.2) is 5.69 Å². The number of hydrogen-bond donors (Lipinski definition) is 0. The van der Waals surface area contributed by atoms with Crippen LogP contribution in [0, 0.1) is 6.92 Å². The minimum absolute atomic E-state index is 0.148. The van der Waals surface area contributed by atoms with Gasteiger partial charge < -0.3 is 4.84 Å². The lowest BCUT2D eigenvalue weighted by Crippen LogP contribution is -2.33. The molecule has 1 aliphatic heterocycles. The number of carbonyl (C=O) groups excluding carboxylic acids is 3. The molecule has 2 amide bonds. The number of aromatic nitrogens is 2. The number of hydrogen-bond acceptors (Lipinski definition) is 5. The predicted octanol–water partition coefficient (Wildman–Crippen LogP) is 3.04. The first kappa shape index (κ1) is 17.4. The van der Waals surface area contributed by atoms with Crippen LogP contribution < -0.4 is 0 Å². The average molecular weight is 387 g/mol. The molecule has 0 spiro atoms. The molecule has 0 atom stereocenters. The maximum Gasteiger partial charge on any atom is 0.384 e. The van der Waals surface area contributed by atoms with Gasteiger partial charge in [-0.3, -0.25) is 9.59 Å². The smallest absolute Gasteiger partial charge is 0.322 e. The molecule has 1 aromatic heterocycles.